The Morgan fingerprint density at radius 2 is 1.82 bits per heavy atom. The van der Waals surface area contributed by atoms with Crippen molar-refractivity contribution in [1.29, 1.82) is 0 Å². The Morgan fingerprint density at radius 3 is 2.64 bits per heavy atom. The molecule has 33 heavy (non-hydrogen) atoms. The van der Waals surface area contributed by atoms with Crippen LogP contribution in [0.1, 0.15) is 22.5 Å². The SMILES string of the molecule is Cc1ccc(C)c(OC[C@@H](O)Cn2c(CC(=O)NCc3ccccc3)nc3ccccc32)c1. The second-order valence-electron chi connectivity index (χ2n) is 8.30. The van der Waals surface area contributed by atoms with Gasteiger partial charge in [-0.25, -0.2) is 4.98 Å². The van der Waals surface area contributed by atoms with Gasteiger partial charge in [-0.3, -0.25) is 4.79 Å². The van der Waals surface area contributed by atoms with E-state index in [1.807, 2.05) is 91.2 Å². The first-order chi connectivity index (χ1) is 16.0. The number of carbonyl (C=O) groups excluding carboxylic acids is 1. The number of nitrogens with zero attached hydrogens (tertiary/aromatic N) is 2. The second kappa shape index (κ2) is 10.3. The van der Waals surface area contributed by atoms with E-state index in [1.165, 1.54) is 0 Å². The lowest BCUT2D eigenvalue weighted by Gasteiger charge is -2.17. The van der Waals surface area contributed by atoms with Crippen LogP contribution in [0.25, 0.3) is 11.0 Å². The Bertz CT molecular complexity index is 1230. The van der Waals surface area contributed by atoms with Gasteiger partial charge in [0.1, 0.15) is 24.3 Å². The zero-order valence-corrected chi connectivity index (χ0v) is 19.0. The molecule has 3 aromatic carbocycles. The first-order valence-electron chi connectivity index (χ1n) is 11.1. The summed E-state index contributed by atoms with van der Waals surface area (Å²) < 4.78 is 7.80. The maximum Gasteiger partial charge on any atom is 0.227 e. The molecule has 0 saturated carbocycles. The maximum atomic E-state index is 12.6. The quantitative estimate of drug-likeness (QED) is 0.411. The lowest BCUT2D eigenvalue weighted by Crippen LogP contribution is -2.28. The fraction of sp³-hybridized carbons (Fsp3) is 0.259. The van der Waals surface area contributed by atoms with Crippen molar-refractivity contribution >= 4 is 16.9 Å². The molecule has 0 saturated heterocycles. The van der Waals surface area contributed by atoms with Crippen molar-refractivity contribution in [1.82, 2.24) is 14.9 Å². The number of aliphatic hydroxyl groups is 1. The fourth-order valence-electron chi connectivity index (χ4n) is 3.78. The van der Waals surface area contributed by atoms with E-state index in [2.05, 4.69) is 10.3 Å². The van der Waals surface area contributed by atoms with Crippen LogP contribution in [0.5, 0.6) is 5.75 Å². The number of benzene rings is 3. The number of fused-ring (bicyclic) bond motifs is 1. The standard InChI is InChI=1S/C27H29N3O3/c1-19-12-13-20(2)25(14-19)33-18-22(31)17-30-24-11-7-6-10-23(24)29-26(30)15-27(32)28-16-21-8-4-3-5-9-21/h3-14,22,31H,15-18H2,1-2H3,(H,28,32)/t22-/m0/s1. The van der Waals surface area contributed by atoms with Gasteiger partial charge >= 0.3 is 0 Å². The number of hydrogen-bond donors (Lipinski definition) is 2. The predicted molar refractivity (Wildman–Crippen MR) is 129 cm³/mol. The highest BCUT2D eigenvalue weighted by Gasteiger charge is 2.17. The number of carbonyl (C=O) groups is 1. The van der Waals surface area contributed by atoms with Crippen LogP contribution in [0.3, 0.4) is 0 Å². The molecular formula is C27H29N3O3. The molecule has 6 nitrogen and oxygen atoms in total. The minimum Gasteiger partial charge on any atom is -0.491 e. The largest absolute Gasteiger partial charge is 0.491 e. The van der Waals surface area contributed by atoms with Gasteiger partial charge in [0, 0.05) is 6.54 Å². The third kappa shape index (κ3) is 5.79. The van der Waals surface area contributed by atoms with Crippen molar-refractivity contribution in [2.45, 2.75) is 39.5 Å². The number of rotatable bonds is 9. The summed E-state index contributed by atoms with van der Waals surface area (Å²) in [5.74, 6) is 1.27. The molecule has 2 N–H and O–H groups in total. The Hall–Kier alpha value is -3.64. The molecule has 0 aliphatic heterocycles. The number of imidazole rings is 1. The molecule has 1 heterocycles. The molecule has 0 unspecified atom stereocenters. The summed E-state index contributed by atoms with van der Waals surface area (Å²) in [6, 6.07) is 23.5. The molecule has 0 fully saturated rings. The summed E-state index contributed by atoms with van der Waals surface area (Å²) in [7, 11) is 0. The van der Waals surface area contributed by atoms with E-state index in [4.69, 9.17) is 4.74 Å². The van der Waals surface area contributed by atoms with E-state index < -0.39 is 6.10 Å². The van der Waals surface area contributed by atoms with E-state index in [9.17, 15) is 9.90 Å². The van der Waals surface area contributed by atoms with E-state index in [0.29, 0.717) is 12.4 Å². The summed E-state index contributed by atoms with van der Waals surface area (Å²) in [4.78, 5) is 17.3. The third-order valence-electron chi connectivity index (χ3n) is 5.55. The highest BCUT2D eigenvalue weighted by atomic mass is 16.5. The molecule has 0 aliphatic carbocycles. The van der Waals surface area contributed by atoms with Crippen LogP contribution < -0.4 is 10.1 Å². The summed E-state index contributed by atoms with van der Waals surface area (Å²) in [5.41, 5.74) is 4.85. The van der Waals surface area contributed by atoms with Crippen LogP contribution in [-0.4, -0.2) is 33.3 Å². The molecule has 0 spiro atoms. The van der Waals surface area contributed by atoms with E-state index in [1.54, 1.807) is 0 Å². The number of aryl methyl sites for hydroxylation is 2. The average Bonchev–Trinajstić information content (AvgIpc) is 3.15. The Kier molecular flexibility index (Phi) is 7.05. The van der Waals surface area contributed by atoms with Crippen LogP contribution in [0.15, 0.2) is 72.8 Å². The van der Waals surface area contributed by atoms with Crippen molar-refractivity contribution in [3.8, 4) is 5.75 Å². The topological polar surface area (TPSA) is 76.4 Å². The molecule has 0 radical (unpaired) electrons. The molecule has 0 aliphatic rings. The van der Waals surface area contributed by atoms with E-state index in [-0.39, 0.29) is 25.5 Å². The van der Waals surface area contributed by atoms with Crippen molar-refractivity contribution in [2.75, 3.05) is 6.61 Å². The Balaban J connectivity index is 1.45. The summed E-state index contributed by atoms with van der Waals surface area (Å²) in [5, 5.41) is 13.7. The van der Waals surface area contributed by atoms with Crippen LogP contribution in [0.4, 0.5) is 0 Å². The van der Waals surface area contributed by atoms with Crippen molar-refractivity contribution in [2.24, 2.45) is 0 Å². The monoisotopic (exact) mass is 443 g/mol. The Labute approximate surface area is 193 Å². The number of ether oxygens (including phenoxy) is 1. The third-order valence-corrected chi connectivity index (χ3v) is 5.55. The first kappa shape index (κ1) is 22.6. The average molecular weight is 444 g/mol. The predicted octanol–water partition coefficient (Wildman–Crippen LogP) is 3.95. The van der Waals surface area contributed by atoms with Gasteiger partial charge in [-0.15, -0.1) is 0 Å². The van der Waals surface area contributed by atoms with Crippen LogP contribution in [0.2, 0.25) is 0 Å². The molecule has 6 heteroatoms. The van der Waals surface area contributed by atoms with Crippen LogP contribution in [-0.2, 0) is 24.3 Å². The lowest BCUT2D eigenvalue weighted by molar-refractivity contribution is -0.120. The minimum absolute atomic E-state index is 0.114. The summed E-state index contributed by atoms with van der Waals surface area (Å²) >= 11 is 0. The highest BCUT2D eigenvalue weighted by molar-refractivity contribution is 5.81. The lowest BCUT2D eigenvalue weighted by atomic mass is 10.1. The normalized spacial score (nSPS) is 12.0. The van der Waals surface area contributed by atoms with Crippen molar-refractivity contribution in [3.63, 3.8) is 0 Å². The van der Waals surface area contributed by atoms with Crippen LogP contribution >= 0.6 is 0 Å². The number of para-hydroxylation sites is 2. The number of aromatic nitrogens is 2. The number of aliphatic hydroxyl groups excluding tert-OH is 1. The highest BCUT2D eigenvalue weighted by Crippen LogP contribution is 2.20. The number of amides is 1. The molecule has 4 aromatic rings. The van der Waals surface area contributed by atoms with E-state index >= 15 is 0 Å². The molecule has 1 aromatic heterocycles. The Morgan fingerprint density at radius 1 is 1.06 bits per heavy atom. The molecule has 1 amide bonds. The maximum absolute atomic E-state index is 12.6. The molecule has 1 atom stereocenters. The van der Waals surface area contributed by atoms with Gasteiger partial charge in [0.05, 0.1) is 24.0 Å². The number of nitrogens with one attached hydrogen (secondary N) is 1. The molecule has 170 valence electrons. The van der Waals surface area contributed by atoms with Gasteiger partial charge in [0.15, 0.2) is 0 Å². The molecule has 0 bridgehead atoms. The smallest absolute Gasteiger partial charge is 0.227 e. The fourth-order valence-corrected chi connectivity index (χ4v) is 3.78. The van der Waals surface area contributed by atoms with Gasteiger partial charge in [-0.05, 0) is 48.7 Å². The second-order valence-corrected chi connectivity index (χ2v) is 8.30. The van der Waals surface area contributed by atoms with Gasteiger partial charge in [-0.1, -0.05) is 54.6 Å². The van der Waals surface area contributed by atoms with Gasteiger partial charge in [-0.2, -0.15) is 0 Å². The van der Waals surface area contributed by atoms with Gasteiger partial charge in [0.25, 0.3) is 0 Å². The minimum atomic E-state index is -0.756. The summed E-state index contributed by atoms with van der Waals surface area (Å²) in [6.45, 7) is 4.89. The van der Waals surface area contributed by atoms with Crippen LogP contribution in [0, 0.1) is 13.8 Å². The zero-order valence-electron chi connectivity index (χ0n) is 19.0. The zero-order chi connectivity index (χ0) is 23.2. The van der Waals surface area contributed by atoms with Gasteiger partial charge in [0.2, 0.25) is 5.91 Å². The summed E-state index contributed by atoms with van der Waals surface area (Å²) in [6.07, 6.45) is -0.625. The molecule has 4 rings (SSSR count). The van der Waals surface area contributed by atoms with Gasteiger partial charge < -0.3 is 19.7 Å². The molecular weight excluding hydrogens is 414 g/mol. The first-order valence-corrected chi connectivity index (χ1v) is 11.1. The number of hydrogen-bond acceptors (Lipinski definition) is 4. The van der Waals surface area contributed by atoms with E-state index in [0.717, 1.165) is 33.5 Å². The van der Waals surface area contributed by atoms with Crippen molar-refractivity contribution in [3.05, 3.63) is 95.3 Å². The van der Waals surface area contributed by atoms with Crippen molar-refractivity contribution < 1.29 is 14.6 Å².